The molecule has 0 unspecified atom stereocenters. The first-order valence-electron chi connectivity index (χ1n) is 2.47. The van der Waals surface area contributed by atoms with Gasteiger partial charge in [0.15, 0.2) is 0 Å². The third-order valence-corrected chi connectivity index (χ3v) is 1.11. The molecule has 0 aliphatic carbocycles. The zero-order valence-corrected chi connectivity index (χ0v) is 5.82. The monoisotopic (exact) mass is 116 g/mol. The molecule has 0 saturated carbocycles. The lowest BCUT2D eigenvalue weighted by atomic mass is 10.3. The average Bonchev–Trinajstić information content (AvgIpc) is 1.84. The Morgan fingerprint density at radius 1 is 0.875 bits per heavy atom. The molecule has 2 radical (unpaired) electrons. The van der Waals surface area contributed by atoms with E-state index in [1.807, 2.05) is 13.8 Å². The quantitative estimate of drug-likeness (QED) is 0.554. The molecule has 0 N–H and O–H groups in total. The summed E-state index contributed by atoms with van der Waals surface area (Å²) in [4.78, 5) is 0. The molecule has 0 aliphatic rings. The Hall–Kier alpha value is -0.0800. The minimum Gasteiger partial charge on any atom is -0.372 e. The van der Waals surface area contributed by atoms with Crippen LogP contribution in [-0.4, -0.2) is 14.2 Å². The Balaban J connectivity index is 3.29. The summed E-state index contributed by atoms with van der Waals surface area (Å²) in [6.45, 7) is 3.72. The lowest BCUT2D eigenvalue weighted by Crippen LogP contribution is -2.06. The smallest absolute Gasteiger partial charge is 0.128 e. The van der Waals surface area contributed by atoms with Crippen molar-refractivity contribution in [2.45, 2.75) is 13.8 Å². The van der Waals surface area contributed by atoms with Crippen LogP contribution in [0.4, 0.5) is 0 Å². The highest BCUT2D eigenvalue weighted by molar-refractivity contribution is 4.95. The van der Waals surface area contributed by atoms with Gasteiger partial charge in [-0.05, 0) is 13.8 Å². The minimum atomic E-state index is 0.826. The molecule has 0 heterocycles. The molecule has 0 spiro atoms. The molecule has 0 aromatic heterocycles. The highest BCUT2D eigenvalue weighted by atomic mass is 16.5. The highest BCUT2D eigenvalue weighted by Crippen LogP contribution is 2.15. The van der Waals surface area contributed by atoms with Crippen LogP contribution in [0.1, 0.15) is 13.8 Å². The maximum absolute atomic E-state index is 4.86. The molecule has 2 nitrogen and oxygen atoms in total. The molecule has 0 atom stereocenters. The molecule has 0 bridgehead atoms. The summed E-state index contributed by atoms with van der Waals surface area (Å²) in [6, 6.07) is 0. The molecule has 8 heavy (non-hydrogen) atoms. The minimum absolute atomic E-state index is 0.826. The third kappa shape index (κ3) is 2.28. The van der Waals surface area contributed by atoms with E-state index in [1.165, 1.54) is 0 Å². The summed E-state index contributed by atoms with van der Waals surface area (Å²) in [6.07, 6.45) is 1.65. The maximum atomic E-state index is 4.86. The van der Waals surface area contributed by atoms with E-state index in [9.17, 15) is 0 Å². The van der Waals surface area contributed by atoms with Crippen LogP contribution in [-0.2, 0) is 9.47 Å². The van der Waals surface area contributed by atoms with Gasteiger partial charge in [0.1, 0.15) is 12.2 Å². The largest absolute Gasteiger partial charge is 0.372 e. The second-order valence-electron chi connectivity index (χ2n) is 1.52. The van der Waals surface area contributed by atoms with Gasteiger partial charge in [-0.15, -0.1) is 0 Å². The molecular weight excluding hydrogens is 104 g/mol. The van der Waals surface area contributed by atoms with E-state index >= 15 is 0 Å². The number of hydrogen-bond donors (Lipinski definition) is 0. The van der Waals surface area contributed by atoms with Crippen molar-refractivity contribution in [3.05, 3.63) is 12.2 Å². The van der Waals surface area contributed by atoms with Crippen molar-refractivity contribution in [3.8, 4) is 0 Å². The highest BCUT2D eigenvalue weighted by Gasteiger charge is 2.10. The average molecular weight is 116 g/mol. The predicted octanol–water partition coefficient (Wildman–Crippen LogP) is 1.38. The normalized spacial score (nSPS) is 11.2. The van der Waals surface area contributed by atoms with Crippen molar-refractivity contribution in [1.82, 2.24) is 0 Å². The van der Waals surface area contributed by atoms with Gasteiger partial charge in [-0.2, -0.15) is 0 Å². The summed E-state index contributed by atoms with van der Waals surface area (Å²) >= 11 is 0. The van der Waals surface area contributed by atoms with Crippen LogP contribution in [0.2, 0.25) is 0 Å². The summed E-state index contributed by atoms with van der Waals surface area (Å²) in [5.41, 5.74) is 0. The van der Waals surface area contributed by atoms with Crippen LogP contribution >= 0.6 is 0 Å². The Bertz CT molecular complexity index is 46.5. The molecule has 0 aromatic rings. The van der Waals surface area contributed by atoms with Gasteiger partial charge in [0.25, 0.3) is 0 Å². The van der Waals surface area contributed by atoms with E-state index in [1.54, 1.807) is 14.2 Å². The third-order valence-electron chi connectivity index (χ3n) is 1.11. The maximum Gasteiger partial charge on any atom is 0.128 e. The first-order valence-corrected chi connectivity index (χ1v) is 2.47. The number of methoxy groups -OCH3 is 2. The van der Waals surface area contributed by atoms with Gasteiger partial charge in [-0.3, -0.25) is 0 Å². The number of ether oxygens (including phenoxy) is 2. The van der Waals surface area contributed by atoms with Crippen LogP contribution in [0.3, 0.4) is 0 Å². The lowest BCUT2D eigenvalue weighted by Gasteiger charge is -2.12. The fourth-order valence-corrected chi connectivity index (χ4v) is 0.287. The van der Waals surface area contributed by atoms with E-state index < -0.39 is 0 Å². The predicted molar refractivity (Wildman–Crippen MR) is 31.9 cm³/mol. The summed E-state index contributed by atoms with van der Waals surface area (Å²) < 4.78 is 9.71. The topological polar surface area (TPSA) is 18.5 Å². The van der Waals surface area contributed by atoms with E-state index in [0.717, 1.165) is 12.2 Å². The van der Waals surface area contributed by atoms with Gasteiger partial charge in [0.2, 0.25) is 0 Å². The molecule has 0 amide bonds. The van der Waals surface area contributed by atoms with Crippen LogP contribution in [0, 0.1) is 12.2 Å². The van der Waals surface area contributed by atoms with Crippen LogP contribution in [0.15, 0.2) is 0 Å². The standard InChI is InChI=1S/C6H12O2/c1-5(7-3)6(2)8-4/h1-4H3. The van der Waals surface area contributed by atoms with E-state index in [0.29, 0.717) is 0 Å². The second-order valence-corrected chi connectivity index (χ2v) is 1.52. The van der Waals surface area contributed by atoms with Crippen molar-refractivity contribution >= 4 is 0 Å². The summed E-state index contributed by atoms with van der Waals surface area (Å²) in [5.74, 6) is 0. The number of rotatable bonds is 3. The molecule has 0 fully saturated rings. The zero-order chi connectivity index (χ0) is 6.57. The van der Waals surface area contributed by atoms with Gasteiger partial charge in [0.05, 0.1) is 0 Å². The van der Waals surface area contributed by atoms with Crippen molar-refractivity contribution < 1.29 is 9.47 Å². The van der Waals surface area contributed by atoms with E-state index in [-0.39, 0.29) is 0 Å². The van der Waals surface area contributed by atoms with E-state index in [2.05, 4.69) is 0 Å². The second kappa shape index (κ2) is 3.87. The van der Waals surface area contributed by atoms with Crippen LogP contribution in [0.5, 0.6) is 0 Å². The Morgan fingerprint density at radius 2 is 1.12 bits per heavy atom. The molecule has 0 aliphatic heterocycles. The van der Waals surface area contributed by atoms with Gasteiger partial charge in [0, 0.05) is 14.2 Å². The fourth-order valence-electron chi connectivity index (χ4n) is 0.287. The van der Waals surface area contributed by atoms with Gasteiger partial charge in [-0.25, -0.2) is 0 Å². The van der Waals surface area contributed by atoms with Crippen LogP contribution in [0.25, 0.3) is 0 Å². The van der Waals surface area contributed by atoms with E-state index in [4.69, 9.17) is 9.47 Å². The Labute approximate surface area is 50.8 Å². The molecule has 0 aromatic carbocycles. The Kier molecular flexibility index (Phi) is 3.83. The van der Waals surface area contributed by atoms with Gasteiger partial charge >= 0.3 is 0 Å². The SMILES string of the molecule is CO[C](C)[C](C)OC. The van der Waals surface area contributed by atoms with Crippen molar-refractivity contribution in [2.24, 2.45) is 0 Å². The number of hydrogen-bond acceptors (Lipinski definition) is 2. The van der Waals surface area contributed by atoms with Gasteiger partial charge < -0.3 is 9.47 Å². The van der Waals surface area contributed by atoms with Crippen molar-refractivity contribution in [3.63, 3.8) is 0 Å². The summed E-state index contributed by atoms with van der Waals surface area (Å²) in [7, 11) is 3.25. The fraction of sp³-hybridized carbons (Fsp3) is 0.667. The molecule has 48 valence electrons. The van der Waals surface area contributed by atoms with Gasteiger partial charge in [-0.1, -0.05) is 0 Å². The van der Waals surface area contributed by atoms with Crippen LogP contribution < -0.4 is 0 Å². The molecule has 0 saturated heterocycles. The summed E-state index contributed by atoms with van der Waals surface area (Å²) in [5, 5.41) is 0. The molecule has 2 heteroatoms. The first-order chi connectivity index (χ1) is 3.72. The molecular formula is C6H12O2. The Morgan fingerprint density at radius 3 is 1.25 bits per heavy atom. The lowest BCUT2D eigenvalue weighted by molar-refractivity contribution is 0.119. The first kappa shape index (κ1) is 7.92. The van der Waals surface area contributed by atoms with Crippen molar-refractivity contribution in [2.75, 3.05) is 14.2 Å². The van der Waals surface area contributed by atoms with Crippen molar-refractivity contribution in [1.29, 1.82) is 0 Å². The zero-order valence-electron chi connectivity index (χ0n) is 5.82. The molecule has 0 rings (SSSR count).